The highest BCUT2D eigenvalue weighted by Crippen LogP contribution is 2.25. The average molecular weight is 408 g/mol. The summed E-state index contributed by atoms with van der Waals surface area (Å²) < 4.78 is 6.46. The molecule has 1 heterocycles. The molecule has 1 N–H and O–H groups in total. The van der Waals surface area contributed by atoms with E-state index in [0.717, 1.165) is 16.7 Å². The molecule has 0 atom stereocenters. The number of nitro benzene ring substituents is 1. The van der Waals surface area contributed by atoms with Crippen molar-refractivity contribution in [2.24, 2.45) is 0 Å². The molecule has 30 heavy (non-hydrogen) atoms. The number of carbonyl (C=O) groups is 1. The Labute approximate surface area is 174 Å². The van der Waals surface area contributed by atoms with Gasteiger partial charge in [0.25, 0.3) is 11.6 Å². The molecule has 0 saturated heterocycles. The third kappa shape index (κ3) is 4.72. The van der Waals surface area contributed by atoms with Crippen LogP contribution in [0, 0.1) is 24.0 Å². The van der Waals surface area contributed by atoms with E-state index in [0.29, 0.717) is 36.6 Å². The number of aromatic nitrogens is 2. The zero-order valence-electron chi connectivity index (χ0n) is 17.2. The van der Waals surface area contributed by atoms with E-state index in [1.165, 1.54) is 16.8 Å². The number of benzene rings is 2. The second-order valence-corrected chi connectivity index (χ2v) is 7.00. The number of ether oxygens (including phenoxy) is 1. The van der Waals surface area contributed by atoms with Crippen LogP contribution >= 0.6 is 0 Å². The number of non-ortho nitro benzene ring substituents is 1. The molecule has 0 fully saturated rings. The fraction of sp³-hybridized carbons (Fsp3) is 0.273. The SMILES string of the molecule is COCCCNC(=O)c1cc(-c2ccc(C)c(C)c2)nn1-c1cccc([N+](=O)[O-])c1. The Kier molecular flexibility index (Phi) is 6.58. The van der Waals surface area contributed by atoms with Crippen LogP contribution in [0.2, 0.25) is 0 Å². The summed E-state index contributed by atoms with van der Waals surface area (Å²) in [5, 5.41) is 18.6. The Bertz CT molecular complexity index is 1070. The number of amides is 1. The molecular weight excluding hydrogens is 384 g/mol. The van der Waals surface area contributed by atoms with Crippen molar-refractivity contribution in [2.75, 3.05) is 20.3 Å². The molecule has 8 nitrogen and oxygen atoms in total. The molecule has 2 aromatic carbocycles. The first-order chi connectivity index (χ1) is 14.4. The summed E-state index contributed by atoms with van der Waals surface area (Å²) in [7, 11) is 1.61. The molecule has 1 amide bonds. The Morgan fingerprint density at radius 2 is 1.97 bits per heavy atom. The first-order valence-electron chi connectivity index (χ1n) is 9.60. The standard InChI is InChI=1S/C22H24N4O4/c1-15-8-9-17(12-16(15)2)20-14-21(22(27)23-10-5-11-30-3)25(24-20)18-6-4-7-19(13-18)26(28)29/h4,6-9,12-14H,5,10-11H2,1-3H3,(H,23,27). The van der Waals surface area contributed by atoms with Gasteiger partial charge in [-0.2, -0.15) is 5.10 Å². The number of aryl methyl sites for hydroxylation is 2. The summed E-state index contributed by atoms with van der Waals surface area (Å²) in [6, 6.07) is 13.7. The van der Waals surface area contributed by atoms with Gasteiger partial charge in [-0.3, -0.25) is 14.9 Å². The van der Waals surface area contributed by atoms with E-state index in [4.69, 9.17) is 4.74 Å². The van der Waals surface area contributed by atoms with Crippen molar-refractivity contribution in [1.82, 2.24) is 15.1 Å². The minimum Gasteiger partial charge on any atom is -0.385 e. The highest BCUT2D eigenvalue weighted by Gasteiger charge is 2.19. The average Bonchev–Trinajstić information content (AvgIpc) is 3.19. The van der Waals surface area contributed by atoms with E-state index >= 15 is 0 Å². The fourth-order valence-corrected chi connectivity index (χ4v) is 3.03. The first-order valence-corrected chi connectivity index (χ1v) is 9.60. The minimum absolute atomic E-state index is 0.0674. The third-order valence-corrected chi connectivity index (χ3v) is 4.84. The molecule has 0 aliphatic heterocycles. The molecular formula is C22H24N4O4. The molecule has 0 saturated carbocycles. The smallest absolute Gasteiger partial charge is 0.271 e. The van der Waals surface area contributed by atoms with Gasteiger partial charge in [-0.1, -0.05) is 18.2 Å². The number of rotatable bonds is 8. The van der Waals surface area contributed by atoms with Gasteiger partial charge in [-0.15, -0.1) is 0 Å². The lowest BCUT2D eigenvalue weighted by molar-refractivity contribution is -0.384. The second-order valence-electron chi connectivity index (χ2n) is 7.00. The second kappa shape index (κ2) is 9.32. The van der Waals surface area contributed by atoms with Gasteiger partial charge in [0.05, 0.1) is 16.3 Å². The molecule has 3 rings (SSSR count). The summed E-state index contributed by atoms with van der Waals surface area (Å²) in [5.41, 5.74) is 4.45. The summed E-state index contributed by atoms with van der Waals surface area (Å²) in [6.07, 6.45) is 0.678. The topological polar surface area (TPSA) is 99.3 Å². The van der Waals surface area contributed by atoms with Gasteiger partial charge in [-0.25, -0.2) is 4.68 Å². The van der Waals surface area contributed by atoms with Gasteiger partial charge < -0.3 is 10.1 Å². The van der Waals surface area contributed by atoms with E-state index < -0.39 is 4.92 Å². The van der Waals surface area contributed by atoms with E-state index in [1.54, 1.807) is 25.3 Å². The van der Waals surface area contributed by atoms with Crippen LogP contribution in [0.4, 0.5) is 5.69 Å². The Morgan fingerprint density at radius 1 is 1.17 bits per heavy atom. The molecule has 8 heteroatoms. The van der Waals surface area contributed by atoms with Crippen molar-refractivity contribution in [3.05, 3.63) is 75.5 Å². The number of nitrogens with one attached hydrogen (secondary N) is 1. The lowest BCUT2D eigenvalue weighted by Gasteiger charge is -2.08. The third-order valence-electron chi connectivity index (χ3n) is 4.84. The normalized spacial score (nSPS) is 10.8. The van der Waals surface area contributed by atoms with Crippen molar-refractivity contribution in [2.45, 2.75) is 20.3 Å². The van der Waals surface area contributed by atoms with E-state index in [-0.39, 0.29) is 11.6 Å². The van der Waals surface area contributed by atoms with Crippen LogP contribution in [0.5, 0.6) is 0 Å². The van der Waals surface area contributed by atoms with Crippen LogP contribution < -0.4 is 5.32 Å². The maximum absolute atomic E-state index is 12.8. The molecule has 0 bridgehead atoms. The zero-order chi connectivity index (χ0) is 21.7. The Balaban J connectivity index is 2.03. The lowest BCUT2D eigenvalue weighted by atomic mass is 10.0. The maximum Gasteiger partial charge on any atom is 0.271 e. The van der Waals surface area contributed by atoms with Gasteiger partial charge in [-0.05, 0) is 49.6 Å². The van der Waals surface area contributed by atoms with Gasteiger partial charge in [0.15, 0.2) is 0 Å². The van der Waals surface area contributed by atoms with Crippen LogP contribution in [-0.4, -0.2) is 40.9 Å². The Hall–Kier alpha value is -3.52. The summed E-state index contributed by atoms with van der Waals surface area (Å²) in [5.74, 6) is -0.305. The molecule has 3 aromatic rings. The highest BCUT2D eigenvalue weighted by atomic mass is 16.6. The summed E-state index contributed by atoms with van der Waals surface area (Å²) >= 11 is 0. The fourth-order valence-electron chi connectivity index (χ4n) is 3.03. The van der Waals surface area contributed by atoms with Crippen LogP contribution in [0.3, 0.4) is 0 Å². The highest BCUT2D eigenvalue weighted by molar-refractivity contribution is 5.94. The van der Waals surface area contributed by atoms with Crippen molar-refractivity contribution in [3.63, 3.8) is 0 Å². The van der Waals surface area contributed by atoms with Gasteiger partial charge >= 0.3 is 0 Å². The van der Waals surface area contributed by atoms with Gasteiger partial charge in [0, 0.05) is 38.0 Å². The number of nitrogens with zero attached hydrogens (tertiary/aromatic N) is 3. The van der Waals surface area contributed by atoms with Crippen LogP contribution in [0.15, 0.2) is 48.5 Å². The minimum atomic E-state index is -0.470. The largest absolute Gasteiger partial charge is 0.385 e. The van der Waals surface area contributed by atoms with Crippen LogP contribution in [0.25, 0.3) is 16.9 Å². The van der Waals surface area contributed by atoms with E-state index in [1.807, 2.05) is 32.0 Å². The molecule has 0 aliphatic rings. The van der Waals surface area contributed by atoms with Crippen LogP contribution in [-0.2, 0) is 4.74 Å². The number of carbonyl (C=O) groups excluding carboxylic acids is 1. The first kappa shape index (κ1) is 21.2. The van der Waals surface area contributed by atoms with E-state index in [2.05, 4.69) is 10.4 Å². The zero-order valence-corrected chi connectivity index (χ0v) is 17.2. The molecule has 0 unspecified atom stereocenters. The van der Waals surface area contributed by atoms with Gasteiger partial charge in [0.1, 0.15) is 5.69 Å². The van der Waals surface area contributed by atoms with E-state index in [9.17, 15) is 14.9 Å². The number of hydrogen-bond donors (Lipinski definition) is 1. The predicted octanol–water partition coefficient (Wildman–Crippen LogP) is 3.83. The summed E-state index contributed by atoms with van der Waals surface area (Å²) in [6.45, 7) is 5.03. The Morgan fingerprint density at radius 3 is 2.67 bits per heavy atom. The quantitative estimate of drug-likeness (QED) is 0.347. The predicted molar refractivity (Wildman–Crippen MR) is 114 cm³/mol. The van der Waals surface area contributed by atoms with Crippen molar-refractivity contribution >= 4 is 11.6 Å². The van der Waals surface area contributed by atoms with Crippen molar-refractivity contribution < 1.29 is 14.5 Å². The van der Waals surface area contributed by atoms with Crippen molar-refractivity contribution in [1.29, 1.82) is 0 Å². The summed E-state index contributed by atoms with van der Waals surface area (Å²) in [4.78, 5) is 23.6. The molecule has 0 aliphatic carbocycles. The number of nitro groups is 1. The molecule has 1 aromatic heterocycles. The number of hydrogen-bond acceptors (Lipinski definition) is 5. The van der Waals surface area contributed by atoms with Crippen LogP contribution in [0.1, 0.15) is 28.0 Å². The lowest BCUT2D eigenvalue weighted by Crippen LogP contribution is -2.27. The number of methoxy groups -OCH3 is 1. The molecule has 0 radical (unpaired) electrons. The molecule has 156 valence electrons. The maximum atomic E-state index is 12.8. The molecule has 0 spiro atoms. The monoisotopic (exact) mass is 408 g/mol. The van der Waals surface area contributed by atoms with Gasteiger partial charge in [0.2, 0.25) is 0 Å². The van der Waals surface area contributed by atoms with Crippen molar-refractivity contribution in [3.8, 4) is 16.9 Å².